The first-order valence-electron chi connectivity index (χ1n) is 6.25. The van der Waals surface area contributed by atoms with Gasteiger partial charge in [0.1, 0.15) is 0 Å². The molecule has 0 spiro atoms. The van der Waals surface area contributed by atoms with E-state index in [1.807, 2.05) is 0 Å². The maximum absolute atomic E-state index is 12.4. The average molecular weight is 204 g/mol. The van der Waals surface area contributed by atoms with E-state index < -0.39 is 0 Å². The molecule has 2 saturated carbocycles. The first-order chi connectivity index (χ1) is 6.98. The number of fused-ring (bicyclic) bond motifs is 5. The van der Waals surface area contributed by atoms with Crippen LogP contribution in [0.2, 0.25) is 0 Å². The summed E-state index contributed by atoms with van der Waals surface area (Å²) >= 11 is 0. The van der Waals surface area contributed by atoms with Crippen molar-refractivity contribution in [1.82, 2.24) is 0 Å². The number of allylic oxidation sites excluding steroid dienone is 2. The summed E-state index contributed by atoms with van der Waals surface area (Å²) in [5.74, 6) is 3.05. The first-order valence-corrected chi connectivity index (χ1v) is 6.25. The summed E-state index contributed by atoms with van der Waals surface area (Å²) in [5.41, 5.74) is 1.18. The number of ketones is 1. The van der Waals surface area contributed by atoms with Gasteiger partial charge in [0.2, 0.25) is 0 Å². The lowest BCUT2D eigenvalue weighted by molar-refractivity contribution is -0.121. The summed E-state index contributed by atoms with van der Waals surface area (Å²) in [6, 6.07) is 0. The molecule has 0 aliphatic heterocycles. The van der Waals surface area contributed by atoms with Crippen molar-refractivity contribution in [2.75, 3.05) is 0 Å². The molecule has 0 aromatic carbocycles. The van der Waals surface area contributed by atoms with Crippen molar-refractivity contribution in [3.63, 3.8) is 0 Å². The molecule has 0 saturated heterocycles. The van der Waals surface area contributed by atoms with E-state index in [1.165, 1.54) is 19.3 Å². The molecule has 3 aliphatic carbocycles. The van der Waals surface area contributed by atoms with Gasteiger partial charge in [-0.1, -0.05) is 26.8 Å². The van der Waals surface area contributed by atoms with Crippen molar-refractivity contribution in [2.45, 2.75) is 40.0 Å². The highest BCUT2D eigenvalue weighted by atomic mass is 16.1. The van der Waals surface area contributed by atoms with Crippen molar-refractivity contribution < 1.29 is 4.79 Å². The number of carbonyl (C=O) groups is 1. The lowest BCUT2D eigenvalue weighted by atomic mass is 9.79. The Morgan fingerprint density at radius 1 is 1.20 bits per heavy atom. The molecule has 82 valence electrons. The molecular weight excluding hydrogens is 184 g/mol. The topological polar surface area (TPSA) is 17.1 Å². The van der Waals surface area contributed by atoms with Gasteiger partial charge in [0, 0.05) is 5.92 Å². The van der Waals surface area contributed by atoms with Gasteiger partial charge in [0.15, 0.2) is 5.78 Å². The lowest BCUT2D eigenvalue weighted by Gasteiger charge is -2.23. The Balaban J connectivity index is 1.97. The smallest absolute Gasteiger partial charge is 0.163 e. The zero-order chi connectivity index (χ0) is 10.8. The summed E-state index contributed by atoms with van der Waals surface area (Å²) < 4.78 is 0. The average Bonchev–Trinajstić information content (AvgIpc) is 2.73. The van der Waals surface area contributed by atoms with Crippen molar-refractivity contribution in [2.24, 2.45) is 29.1 Å². The molecule has 15 heavy (non-hydrogen) atoms. The van der Waals surface area contributed by atoms with Gasteiger partial charge in [-0.2, -0.15) is 0 Å². The van der Waals surface area contributed by atoms with Crippen molar-refractivity contribution in [3.05, 3.63) is 11.6 Å². The fourth-order valence-corrected chi connectivity index (χ4v) is 4.04. The Kier molecular flexibility index (Phi) is 1.76. The minimum absolute atomic E-state index is 0.0564. The molecule has 2 bridgehead atoms. The molecule has 3 aliphatic rings. The first kappa shape index (κ1) is 9.62. The third-order valence-electron chi connectivity index (χ3n) is 4.72. The highest BCUT2D eigenvalue weighted by Gasteiger charge is 2.54. The van der Waals surface area contributed by atoms with Crippen LogP contribution in [0.3, 0.4) is 0 Å². The summed E-state index contributed by atoms with van der Waals surface area (Å²) in [4.78, 5) is 12.4. The van der Waals surface area contributed by atoms with E-state index in [2.05, 4.69) is 26.8 Å². The lowest BCUT2D eigenvalue weighted by Crippen LogP contribution is -2.26. The fourth-order valence-electron chi connectivity index (χ4n) is 4.04. The standard InChI is InChI=1S/C14H20O/c1-14(2,3)11-7-10-8-4-5-9(6-8)12(10)13(11)15/h7-10,12H,4-6H2,1-3H3/t8-,9+,10+,12-/m0/s1. The van der Waals surface area contributed by atoms with Crippen LogP contribution in [0.15, 0.2) is 11.6 Å². The largest absolute Gasteiger partial charge is 0.294 e. The van der Waals surface area contributed by atoms with E-state index in [9.17, 15) is 4.79 Å². The second-order valence-corrected chi connectivity index (χ2v) is 6.63. The van der Waals surface area contributed by atoms with Gasteiger partial charge in [-0.05, 0) is 48.0 Å². The molecule has 1 nitrogen and oxygen atoms in total. The molecule has 4 atom stereocenters. The van der Waals surface area contributed by atoms with Crippen LogP contribution >= 0.6 is 0 Å². The van der Waals surface area contributed by atoms with Crippen LogP contribution in [0.1, 0.15) is 40.0 Å². The molecule has 1 heteroatoms. The normalized spacial score (nSPS) is 43.4. The van der Waals surface area contributed by atoms with Gasteiger partial charge in [-0.25, -0.2) is 0 Å². The monoisotopic (exact) mass is 204 g/mol. The minimum Gasteiger partial charge on any atom is -0.294 e. The Morgan fingerprint density at radius 3 is 2.47 bits per heavy atom. The van der Waals surface area contributed by atoms with Gasteiger partial charge >= 0.3 is 0 Å². The maximum Gasteiger partial charge on any atom is 0.163 e. The van der Waals surface area contributed by atoms with Gasteiger partial charge < -0.3 is 0 Å². The predicted molar refractivity (Wildman–Crippen MR) is 60.4 cm³/mol. The molecule has 0 amide bonds. The zero-order valence-corrected chi connectivity index (χ0v) is 9.92. The summed E-state index contributed by atoms with van der Waals surface area (Å²) in [6.07, 6.45) is 6.34. The Labute approximate surface area is 91.9 Å². The van der Waals surface area contributed by atoms with E-state index in [-0.39, 0.29) is 5.41 Å². The van der Waals surface area contributed by atoms with Crippen LogP contribution in [0.4, 0.5) is 0 Å². The summed E-state index contributed by atoms with van der Waals surface area (Å²) in [5, 5.41) is 0. The molecule has 3 rings (SSSR count). The van der Waals surface area contributed by atoms with Gasteiger partial charge in [0.25, 0.3) is 0 Å². The summed E-state index contributed by atoms with van der Waals surface area (Å²) in [6.45, 7) is 6.50. The third-order valence-corrected chi connectivity index (χ3v) is 4.72. The minimum atomic E-state index is 0.0564. The molecule has 0 radical (unpaired) electrons. The van der Waals surface area contributed by atoms with Crippen LogP contribution in [-0.4, -0.2) is 5.78 Å². The van der Waals surface area contributed by atoms with E-state index in [0.29, 0.717) is 17.6 Å². The molecule has 0 N–H and O–H groups in total. The Morgan fingerprint density at radius 2 is 1.87 bits per heavy atom. The Bertz CT molecular complexity index is 345. The second kappa shape index (κ2) is 2.75. The molecule has 2 fully saturated rings. The van der Waals surface area contributed by atoms with E-state index >= 15 is 0 Å². The van der Waals surface area contributed by atoms with Crippen molar-refractivity contribution >= 4 is 5.78 Å². The molecule has 0 aromatic heterocycles. The highest BCUT2D eigenvalue weighted by Crippen LogP contribution is 2.58. The van der Waals surface area contributed by atoms with Crippen molar-refractivity contribution in [3.8, 4) is 0 Å². The highest BCUT2D eigenvalue weighted by molar-refractivity contribution is 6.01. The van der Waals surface area contributed by atoms with E-state index in [1.54, 1.807) is 0 Å². The zero-order valence-electron chi connectivity index (χ0n) is 9.92. The number of carbonyl (C=O) groups excluding carboxylic acids is 1. The second-order valence-electron chi connectivity index (χ2n) is 6.63. The van der Waals surface area contributed by atoms with Crippen LogP contribution in [0, 0.1) is 29.1 Å². The molecular formula is C14H20O. The van der Waals surface area contributed by atoms with E-state index in [0.717, 1.165) is 17.4 Å². The van der Waals surface area contributed by atoms with Crippen molar-refractivity contribution in [1.29, 1.82) is 0 Å². The van der Waals surface area contributed by atoms with Gasteiger partial charge in [0.05, 0.1) is 0 Å². The van der Waals surface area contributed by atoms with Crippen LogP contribution in [-0.2, 0) is 4.79 Å². The van der Waals surface area contributed by atoms with Gasteiger partial charge in [-0.15, -0.1) is 0 Å². The molecule has 0 heterocycles. The number of hydrogen-bond acceptors (Lipinski definition) is 1. The number of rotatable bonds is 0. The summed E-state index contributed by atoms with van der Waals surface area (Å²) in [7, 11) is 0. The Hall–Kier alpha value is -0.590. The third kappa shape index (κ3) is 1.18. The number of hydrogen-bond donors (Lipinski definition) is 0. The molecule has 0 unspecified atom stereocenters. The van der Waals surface area contributed by atoms with Crippen LogP contribution in [0.25, 0.3) is 0 Å². The maximum atomic E-state index is 12.4. The fraction of sp³-hybridized carbons (Fsp3) is 0.786. The van der Waals surface area contributed by atoms with Gasteiger partial charge in [-0.3, -0.25) is 4.79 Å². The van der Waals surface area contributed by atoms with E-state index in [4.69, 9.17) is 0 Å². The van der Waals surface area contributed by atoms with Crippen LogP contribution < -0.4 is 0 Å². The SMILES string of the molecule is CC(C)(C)C1=C[C@@H]2[C@H]3CC[C@H](C3)[C@@H]2C1=O. The predicted octanol–water partition coefficient (Wildman–Crippen LogP) is 3.20. The number of Topliss-reactive ketones (excluding diaryl/α,β-unsaturated/α-hetero) is 1. The molecule has 0 aromatic rings. The quantitative estimate of drug-likeness (QED) is 0.592. The van der Waals surface area contributed by atoms with Crippen LogP contribution in [0.5, 0.6) is 0 Å².